The Morgan fingerprint density at radius 3 is 2.59 bits per heavy atom. The van der Waals surface area contributed by atoms with Gasteiger partial charge in [0, 0.05) is 6.04 Å². The van der Waals surface area contributed by atoms with E-state index in [-0.39, 0.29) is 11.7 Å². The van der Waals surface area contributed by atoms with Gasteiger partial charge < -0.3 is 5.32 Å². The van der Waals surface area contributed by atoms with Crippen LogP contribution in [0, 0.1) is 24.5 Å². The van der Waals surface area contributed by atoms with Crippen LogP contribution in [0.5, 0.6) is 0 Å². The summed E-state index contributed by atoms with van der Waals surface area (Å²) >= 11 is 0. The van der Waals surface area contributed by atoms with Gasteiger partial charge in [0.05, 0.1) is 0 Å². The zero-order chi connectivity index (χ0) is 12.4. The van der Waals surface area contributed by atoms with Crippen molar-refractivity contribution in [3.8, 4) is 0 Å². The molecule has 1 nitrogen and oxygen atoms in total. The summed E-state index contributed by atoms with van der Waals surface area (Å²) in [6, 6.07) is 2.99. The van der Waals surface area contributed by atoms with Crippen molar-refractivity contribution >= 4 is 5.69 Å². The van der Waals surface area contributed by atoms with Crippen LogP contribution in [0.2, 0.25) is 0 Å². The summed E-state index contributed by atoms with van der Waals surface area (Å²) in [7, 11) is 0. The van der Waals surface area contributed by atoms with E-state index < -0.39 is 11.6 Å². The molecule has 1 aromatic rings. The summed E-state index contributed by atoms with van der Waals surface area (Å²) in [5, 5.41) is 3.06. The molecule has 0 saturated heterocycles. The molecule has 1 fully saturated rings. The van der Waals surface area contributed by atoms with Crippen LogP contribution >= 0.6 is 0 Å². The van der Waals surface area contributed by atoms with Crippen LogP contribution in [0.3, 0.4) is 0 Å². The minimum Gasteiger partial charge on any atom is -0.377 e. The molecule has 0 aromatic heterocycles. The summed E-state index contributed by atoms with van der Waals surface area (Å²) in [4.78, 5) is 0. The monoisotopic (exact) mass is 239 g/mol. The highest BCUT2D eigenvalue weighted by Gasteiger charge is 2.23. The highest BCUT2D eigenvalue weighted by molar-refractivity contribution is 5.49. The first-order valence-corrected chi connectivity index (χ1v) is 6.30. The number of aryl methyl sites for hydroxylation is 1. The first-order chi connectivity index (χ1) is 8.09. The highest BCUT2D eigenvalue weighted by atomic mass is 19.1. The lowest BCUT2D eigenvalue weighted by Crippen LogP contribution is -2.31. The SMILES string of the molecule is Cc1ccc(F)c(NC2CCCCC2C)c1F. The zero-order valence-corrected chi connectivity index (χ0v) is 10.4. The summed E-state index contributed by atoms with van der Waals surface area (Å²) < 4.78 is 27.5. The number of hydrogen-bond donors (Lipinski definition) is 1. The quantitative estimate of drug-likeness (QED) is 0.813. The van der Waals surface area contributed by atoms with E-state index in [2.05, 4.69) is 12.2 Å². The van der Waals surface area contributed by atoms with Crippen molar-refractivity contribution in [3.63, 3.8) is 0 Å². The molecule has 1 aliphatic carbocycles. The number of hydrogen-bond acceptors (Lipinski definition) is 1. The number of nitrogens with one attached hydrogen (secondary N) is 1. The zero-order valence-electron chi connectivity index (χ0n) is 10.4. The standard InChI is InChI=1S/C14H19F2N/c1-9-5-3-4-6-12(9)17-14-11(15)8-7-10(2)13(14)16/h7-9,12,17H,3-6H2,1-2H3. The van der Waals surface area contributed by atoms with Gasteiger partial charge in [-0.1, -0.05) is 25.8 Å². The average Bonchev–Trinajstić information content (AvgIpc) is 2.32. The normalized spacial score (nSPS) is 24.7. The Morgan fingerprint density at radius 2 is 1.88 bits per heavy atom. The van der Waals surface area contributed by atoms with Crippen LogP contribution in [0.1, 0.15) is 38.2 Å². The minimum atomic E-state index is -0.495. The second kappa shape index (κ2) is 5.03. The Bertz CT molecular complexity index is 403. The molecule has 1 aliphatic rings. The van der Waals surface area contributed by atoms with Crippen LogP contribution < -0.4 is 5.32 Å². The largest absolute Gasteiger partial charge is 0.377 e. The van der Waals surface area contributed by atoms with Crippen molar-refractivity contribution in [2.45, 2.75) is 45.6 Å². The van der Waals surface area contributed by atoms with E-state index in [0.29, 0.717) is 11.5 Å². The molecule has 1 aromatic carbocycles. The third kappa shape index (κ3) is 2.59. The van der Waals surface area contributed by atoms with Crippen molar-refractivity contribution in [1.82, 2.24) is 0 Å². The summed E-state index contributed by atoms with van der Waals surface area (Å²) in [6.07, 6.45) is 4.48. The van der Waals surface area contributed by atoms with E-state index >= 15 is 0 Å². The molecular weight excluding hydrogens is 220 g/mol. The fourth-order valence-corrected chi connectivity index (χ4v) is 2.51. The second-order valence-electron chi connectivity index (χ2n) is 5.07. The predicted molar refractivity (Wildman–Crippen MR) is 66.1 cm³/mol. The van der Waals surface area contributed by atoms with E-state index in [1.165, 1.54) is 18.6 Å². The van der Waals surface area contributed by atoms with Crippen LogP contribution in [0.15, 0.2) is 12.1 Å². The molecule has 1 saturated carbocycles. The molecule has 0 radical (unpaired) electrons. The fourth-order valence-electron chi connectivity index (χ4n) is 2.51. The van der Waals surface area contributed by atoms with Crippen molar-refractivity contribution in [2.75, 3.05) is 5.32 Å². The smallest absolute Gasteiger partial charge is 0.152 e. The van der Waals surface area contributed by atoms with E-state index in [9.17, 15) is 8.78 Å². The lowest BCUT2D eigenvalue weighted by Gasteiger charge is -2.30. The summed E-state index contributed by atoms with van der Waals surface area (Å²) in [5.74, 6) is -0.475. The third-order valence-corrected chi connectivity index (χ3v) is 3.73. The van der Waals surface area contributed by atoms with Gasteiger partial charge >= 0.3 is 0 Å². The van der Waals surface area contributed by atoms with Gasteiger partial charge in [0.15, 0.2) is 5.82 Å². The van der Waals surface area contributed by atoms with E-state index in [4.69, 9.17) is 0 Å². The minimum absolute atomic E-state index is 0.0451. The molecule has 0 aliphatic heterocycles. The van der Waals surface area contributed by atoms with Crippen LogP contribution in [-0.2, 0) is 0 Å². The van der Waals surface area contributed by atoms with Crippen molar-refractivity contribution < 1.29 is 8.78 Å². The maximum absolute atomic E-state index is 13.8. The Morgan fingerprint density at radius 1 is 1.18 bits per heavy atom. The molecule has 0 amide bonds. The predicted octanol–water partition coefficient (Wildman–Crippen LogP) is 4.26. The maximum atomic E-state index is 13.8. The van der Waals surface area contributed by atoms with Crippen molar-refractivity contribution in [1.29, 1.82) is 0 Å². The Balaban J connectivity index is 2.20. The highest BCUT2D eigenvalue weighted by Crippen LogP contribution is 2.29. The van der Waals surface area contributed by atoms with E-state index in [1.807, 2.05) is 0 Å². The summed E-state index contributed by atoms with van der Waals surface area (Å²) in [5.41, 5.74) is 0.529. The van der Waals surface area contributed by atoms with Gasteiger partial charge in [-0.05, 0) is 37.3 Å². The summed E-state index contributed by atoms with van der Waals surface area (Å²) in [6.45, 7) is 3.80. The van der Waals surface area contributed by atoms with Crippen molar-refractivity contribution in [2.24, 2.45) is 5.92 Å². The molecule has 0 heterocycles. The van der Waals surface area contributed by atoms with Crippen molar-refractivity contribution in [3.05, 3.63) is 29.3 Å². The van der Waals surface area contributed by atoms with Crippen LogP contribution in [-0.4, -0.2) is 6.04 Å². The average molecular weight is 239 g/mol. The van der Waals surface area contributed by atoms with Gasteiger partial charge in [0.25, 0.3) is 0 Å². The molecule has 2 rings (SSSR count). The van der Waals surface area contributed by atoms with E-state index in [1.54, 1.807) is 6.92 Å². The first kappa shape index (κ1) is 12.3. The molecule has 17 heavy (non-hydrogen) atoms. The molecule has 1 N–H and O–H groups in total. The van der Waals surface area contributed by atoms with Gasteiger partial charge in [-0.3, -0.25) is 0 Å². The molecular formula is C14H19F2N. The molecule has 0 spiro atoms. The van der Waals surface area contributed by atoms with Gasteiger partial charge in [-0.25, -0.2) is 8.78 Å². The third-order valence-electron chi connectivity index (χ3n) is 3.73. The molecule has 3 heteroatoms. The lowest BCUT2D eigenvalue weighted by molar-refractivity contribution is 0.347. The molecule has 94 valence electrons. The van der Waals surface area contributed by atoms with Gasteiger partial charge in [0.2, 0.25) is 0 Å². The second-order valence-corrected chi connectivity index (χ2v) is 5.07. The van der Waals surface area contributed by atoms with Gasteiger partial charge in [-0.15, -0.1) is 0 Å². The first-order valence-electron chi connectivity index (χ1n) is 6.30. The number of rotatable bonds is 2. The number of halogens is 2. The number of benzene rings is 1. The van der Waals surface area contributed by atoms with E-state index in [0.717, 1.165) is 19.3 Å². The Labute approximate surface area is 101 Å². The van der Waals surface area contributed by atoms with Gasteiger partial charge in [0.1, 0.15) is 11.5 Å². The Hall–Kier alpha value is -1.12. The van der Waals surface area contributed by atoms with Gasteiger partial charge in [-0.2, -0.15) is 0 Å². The lowest BCUT2D eigenvalue weighted by atomic mass is 9.86. The maximum Gasteiger partial charge on any atom is 0.152 e. The Kier molecular flexibility index (Phi) is 3.65. The number of anilines is 1. The topological polar surface area (TPSA) is 12.0 Å². The molecule has 0 bridgehead atoms. The van der Waals surface area contributed by atoms with Crippen LogP contribution in [0.4, 0.5) is 14.5 Å². The molecule has 2 atom stereocenters. The molecule has 2 unspecified atom stereocenters. The van der Waals surface area contributed by atoms with Crippen LogP contribution in [0.25, 0.3) is 0 Å². The fraction of sp³-hybridized carbons (Fsp3) is 0.571.